The highest BCUT2D eigenvalue weighted by Crippen LogP contribution is 2.25. The number of hydrogen-bond acceptors (Lipinski definition) is 3. The van der Waals surface area contributed by atoms with Gasteiger partial charge in [0.05, 0.1) is 22.2 Å². The number of sulfonamides is 1. The molecule has 0 unspecified atom stereocenters. The first-order valence-electron chi connectivity index (χ1n) is 7.14. The first-order chi connectivity index (χ1) is 11.3. The van der Waals surface area contributed by atoms with E-state index in [0.29, 0.717) is 15.7 Å². The van der Waals surface area contributed by atoms with E-state index >= 15 is 0 Å². The van der Waals surface area contributed by atoms with Gasteiger partial charge in [0, 0.05) is 11.6 Å². The van der Waals surface area contributed by atoms with Gasteiger partial charge in [-0.25, -0.2) is 8.42 Å². The molecule has 0 aromatic heterocycles. The number of carbonyl (C=O) groups is 1. The standard InChI is InChI=1S/C16H16Cl2N2O3S/c1-2-20(24(22,23)13-6-4-3-5-7-13)11-16(21)19-15-10-12(17)8-9-14(15)18/h3-10H,2,11H2,1H3,(H,19,21). The van der Waals surface area contributed by atoms with Crippen molar-refractivity contribution >= 4 is 44.8 Å². The van der Waals surface area contributed by atoms with Gasteiger partial charge in [-0.2, -0.15) is 4.31 Å². The zero-order chi connectivity index (χ0) is 17.7. The average molecular weight is 387 g/mol. The molecule has 0 saturated carbocycles. The molecule has 128 valence electrons. The van der Waals surface area contributed by atoms with Gasteiger partial charge in [-0.3, -0.25) is 4.79 Å². The van der Waals surface area contributed by atoms with Crippen LogP contribution in [0.3, 0.4) is 0 Å². The van der Waals surface area contributed by atoms with Gasteiger partial charge < -0.3 is 5.32 Å². The Hall–Kier alpha value is -1.60. The second kappa shape index (κ2) is 7.98. The van der Waals surface area contributed by atoms with E-state index in [1.54, 1.807) is 37.3 Å². The molecule has 0 atom stereocenters. The fourth-order valence-electron chi connectivity index (χ4n) is 2.05. The van der Waals surface area contributed by atoms with Crippen molar-refractivity contribution in [3.63, 3.8) is 0 Å². The van der Waals surface area contributed by atoms with E-state index in [9.17, 15) is 13.2 Å². The Kier molecular flexibility index (Phi) is 6.23. The Bertz CT molecular complexity index is 826. The largest absolute Gasteiger partial charge is 0.324 e. The fourth-order valence-corrected chi connectivity index (χ4v) is 3.81. The summed E-state index contributed by atoms with van der Waals surface area (Å²) in [5.41, 5.74) is 0.335. The number of carbonyl (C=O) groups excluding carboxylic acids is 1. The maximum absolute atomic E-state index is 12.6. The van der Waals surface area contributed by atoms with Crippen molar-refractivity contribution in [2.45, 2.75) is 11.8 Å². The molecule has 24 heavy (non-hydrogen) atoms. The number of nitrogens with zero attached hydrogens (tertiary/aromatic N) is 1. The quantitative estimate of drug-likeness (QED) is 0.823. The van der Waals surface area contributed by atoms with Crippen molar-refractivity contribution < 1.29 is 13.2 Å². The summed E-state index contributed by atoms with van der Waals surface area (Å²) < 4.78 is 26.2. The van der Waals surface area contributed by atoms with Gasteiger partial charge in [0.15, 0.2) is 0 Å². The van der Waals surface area contributed by atoms with Crippen molar-refractivity contribution in [3.8, 4) is 0 Å². The van der Waals surface area contributed by atoms with Crippen LogP contribution in [0.5, 0.6) is 0 Å². The number of amides is 1. The van der Waals surface area contributed by atoms with Gasteiger partial charge in [-0.05, 0) is 30.3 Å². The van der Waals surface area contributed by atoms with Crippen LogP contribution in [0.25, 0.3) is 0 Å². The molecule has 0 radical (unpaired) electrons. The van der Waals surface area contributed by atoms with Gasteiger partial charge in [-0.1, -0.05) is 48.3 Å². The maximum atomic E-state index is 12.6. The minimum absolute atomic E-state index is 0.139. The zero-order valence-electron chi connectivity index (χ0n) is 12.9. The summed E-state index contributed by atoms with van der Waals surface area (Å²) in [6, 6.07) is 12.6. The van der Waals surface area contributed by atoms with E-state index in [-0.39, 0.29) is 18.0 Å². The van der Waals surface area contributed by atoms with Crippen molar-refractivity contribution in [3.05, 3.63) is 58.6 Å². The van der Waals surface area contributed by atoms with Gasteiger partial charge >= 0.3 is 0 Å². The molecule has 1 amide bonds. The van der Waals surface area contributed by atoms with Crippen LogP contribution in [0.4, 0.5) is 5.69 Å². The summed E-state index contributed by atoms with van der Waals surface area (Å²) in [5.74, 6) is -0.500. The Morgan fingerprint density at radius 2 is 1.79 bits per heavy atom. The average Bonchev–Trinajstić information content (AvgIpc) is 2.56. The molecule has 0 fully saturated rings. The van der Waals surface area contributed by atoms with E-state index < -0.39 is 15.9 Å². The highest BCUT2D eigenvalue weighted by molar-refractivity contribution is 7.89. The normalized spacial score (nSPS) is 11.5. The molecule has 2 rings (SSSR count). The minimum atomic E-state index is -3.74. The lowest BCUT2D eigenvalue weighted by atomic mass is 10.3. The van der Waals surface area contributed by atoms with Crippen LogP contribution < -0.4 is 5.32 Å². The van der Waals surface area contributed by atoms with Crippen LogP contribution in [0.2, 0.25) is 10.0 Å². The highest BCUT2D eigenvalue weighted by atomic mass is 35.5. The molecule has 2 aromatic carbocycles. The number of halogens is 2. The third kappa shape index (κ3) is 4.48. The lowest BCUT2D eigenvalue weighted by molar-refractivity contribution is -0.116. The predicted molar refractivity (Wildman–Crippen MR) is 96.0 cm³/mol. The van der Waals surface area contributed by atoms with Gasteiger partial charge in [0.2, 0.25) is 15.9 Å². The van der Waals surface area contributed by atoms with Crippen molar-refractivity contribution in [2.75, 3.05) is 18.4 Å². The third-order valence-corrected chi connectivity index (χ3v) is 5.76. The number of nitrogens with one attached hydrogen (secondary N) is 1. The Balaban J connectivity index is 2.15. The second-order valence-electron chi connectivity index (χ2n) is 4.92. The van der Waals surface area contributed by atoms with Crippen molar-refractivity contribution in [2.24, 2.45) is 0 Å². The van der Waals surface area contributed by atoms with Crippen LogP contribution in [0.15, 0.2) is 53.4 Å². The summed E-state index contributed by atoms with van der Waals surface area (Å²) in [7, 11) is -3.74. The number of hydrogen-bond donors (Lipinski definition) is 1. The smallest absolute Gasteiger partial charge is 0.243 e. The Morgan fingerprint density at radius 3 is 2.42 bits per heavy atom. The molecule has 0 bridgehead atoms. The molecular formula is C16H16Cl2N2O3S. The Morgan fingerprint density at radius 1 is 1.12 bits per heavy atom. The first kappa shape index (κ1) is 18.7. The molecule has 8 heteroatoms. The Labute approximate surface area is 151 Å². The van der Waals surface area contributed by atoms with Gasteiger partial charge in [-0.15, -0.1) is 0 Å². The van der Waals surface area contributed by atoms with Crippen LogP contribution >= 0.6 is 23.2 Å². The summed E-state index contributed by atoms with van der Waals surface area (Å²) in [4.78, 5) is 12.3. The van der Waals surface area contributed by atoms with Crippen molar-refractivity contribution in [1.29, 1.82) is 0 Å². The maximum Gasteiger partial charge on any atom is 0.243 e. The summed E-state index contributed by atoms with van der Waals surface area (Å²) in [5, 5.41) is 3.31. The SMILES string of the molecule is CCN(CC(=O)Nc1cc(Cl)ccc1Cl)S(=O)(=O)c1ccccc1. The highest BCUT2D eigenvalue weighted by Gasteiger charge is 2.25. The van der Waals surface area contributed by atoms with Crippen molar-refractivity contribution in [1.82, 2.24) is 4.31 Å². The lowest BCUT2D eigenvalue weighted by Gasteiger charge is -2.20. The molecule has 0 aliphatic rings. The van der Waals surface area contributed by atoms with Gasteiger partial charge in [0.25, 0.3) is 0 Å². The molecule has 0 aliphatic carbocycles. The predicted octanol–water partition coefficient (Wildman–Crippen LogP) is 3.64. The molecule has 2 aromatic rings. The van der Waals surface area contributed by atoms with Crippen LogP contribution in [0.1, 0.15) is 6.92 Å². The topological polar surface area (TPSA) is 66.5 Å². The number of anilines is 1. The summed E-state index contributed by atoms with van der Waals surface area (Å²) in [6.45, 7) is 1.50. The summed E-state index contributed by atoms with van der Waals surface area (Å²) >= 11 is 11.9. The van der Waals surface area contributed by atoms with Crippen LogP contribution in [0, 0.1) is 0 Å². The van der Waals surface area contributed by atoms with Gasteiger partial charge in [0.1, 0.15) is 0 Å². The molecule has 0 heterocycles. The zero-order valence-corrected chi connectivity index (χ0v) is 15.2. The van der Waals surface area contributed by atoms with E-state index in [1.165, 1.54) is 18.2 Å². The molecular weight excluding hydrogens is 371 g/mol. The number of benzene rings is 2. The first-order valence-corrected chi connectivity index (χ1v) is 9.34. The molecule has 0 saturated heterocycles. The monoisotopic (exact) mass is 386 g/mol. The molecule has 1 N–H and O–H groups in total. The van der Waals surface area contributed by atoms with E-state index in [0.717, 1.165) is 4.31 Å². The van der Waals surface area contributed by atoms with E-state index in [4.69, 9.17) is 23.2 Å². The second-order valence-corrected chi connectivity index (χ2v) is 7.70. The number of rotatable bonds is 6. The minimum Gasteiger partial charge on any atom is -0.324 e. The van der Waals surface area contributed by atoms with Crippen LogP contribution in [-0.2, 0) is 14.8 Å². The van der Waals surface area contributed by atoms with Crippen LogP contribution in [-0.4, -0.2) is 31.7 Å². The fraction of sp³-hybridized carbons (Fsp3) is 0.188. The summed E-state index contributed by atoms with van der Waals surface area (Å²) in [6.07, 6.45) is 0. The van der Waals surface area contributed by atoms with E-state index in [2.05, 4.69) is 5.32 Å². The molecule has 0 aliphatic heterocycles. The molecule has 0 spiro atoms. The third-order valence-electron chi connectivity index (χ3n) is 3.26. The molecule has 5 nitrogen and oxygen atoms in total. The lowest BCUT2D eigenvalue weighted by Crippen LogP contribution is -2.37. The van der Waals surface area contributed by atoms with E-state index in [1.807, 2.05) is 0 Å². The number of likely N-dealkylation sites (N-methyl/N-ethyl adjacent to an activating group) is 1.